The largest absolute Gasteiger partial charge is 0.392 e. The summed E-state index contributed by atoms with van der Waals surface area (Å²) in [6, 6.07) is 49.6. The monoisotopic (exact) mass is 600 g/mol. The number of aldehydes is 1. The minimum Gasteiger partial charge on any atom is -0.392 e. The van der Waals surface area contributed by atoms with Crippen LogP contribution in [-0.4, -0.2) is 11.4 Å². The third kappa shape index (κ3) is 6.99. The second-order valence-electron chi connectivity index (χ2n) is 11.4. The Morgan fingerprint density at radius 1 is 0.435 bits per heavy atom. The molecule has 1 N–H and O–H groups in total. The van der Waals surface area contributed by atoms with Gasteiger partial charge < -0.3 is 14.9 Å². The number of nitrogens with zero attached hydrogens (tertiary/aromatic N) is 2. The zero-order valence-corrected chi connectivity index (χ0v) is 26.0. The van der Waals surface area contributed by atoms with E-state index in [1.807, 2.05) is 48.5 Å². The number of hydrogen-bond acceptors (Lipinski definition) is 4. The molecular formula is C42H36N2O2. The Balaban J connectivity index is 1.23. The van der Waals surface area contributed by atoms with Gasteiger partial charge in [0.25, 0.3) is 0 Å². The molecule has 0 heterocycles. The maximum atomic E-state index is 11.2. The fraction of sp³-hybridized carbons (Fsp3) is 0.0714. The molecule has 6 rings (SSSR count). The van der Waals surface area contributed by atoms with Gasteiger partial charge in [0, 0.05) is 39.7 Å². The fourth-order valence-corrected chi connectivity index (χ4v) is 5.40. The van der Waals surface area contributed by atoms with Crippen molar-refractivity contribution in [2.75, 3.05) is 9.80 Å². The number of aliphatic hydroxyl groups is 1. The van der Waals surface area contributed by atoms with E-state index in [0.29, 0.717) is 5.56 Å². The molecule has 226 valence electrons. The highest BCUT2D eigenvalue weighted by Crippen LogP contribution is 2.36. The van der Waals surface area contributed by atoms with E-state index >= 15 is 0 Å². The molecule has 0 unspecified atom stereocenters. The van der Waals surface area contributed by atoms with Gasteiger partial charge in [0.05, 0.1) is 6.61 Å². The van der Waals surface area contributed by atoms with Crippen LogP contribution in [0.25, 0.3) is 12.2 Å². The summed E-state index contributed by atoms with van der Waals surface area (Å²) < 4.78 is 0. The van der Waals surface area contributed by atoms with Crippen LogP contribution in [0.1, 0.15) is 38.2 Å². The minimum atomic E-state index is 0.0237. The van der Waals surface area contributed by atoms with Crippen molar-refractivity contribution in [3.8, 4) is 0 Å². The number of hydrogen-bond donors (Lipinski definition) is 1. The molecule has 0 amide bonds. The zero-order chi connectivity index (χ0) is 31.9. The van der Waals surface area contributed by atoms with Gasteiger partial charge in [-0.15, -0.1) is 0 Å². The second-order valence-corrected chi connectivity index (χ2v) is 11.4. The van der Waals surface area contributed by atoms with Crippen LogP contribution in [0, 0.1) is 13.8 Å². The smallest absolute Gasteiger partial charge is 0.150 e. The summed E-state index contributed by atoms with van der Waals surface area (Å²) in [6.45, 7) is 4.20. The third-order valence-corrected chi connectivity index (χ3v) is 8.02. The number of carbonyl (C=O) groups is 1. The standard InChI is InChI=1S/C42H36N2O2/c1-31-3-17-37(18-4-31)43(41-25-13-35(29-45)14-26-41)39-21-9-33(10-22-39)7-8-34-11-23-40(24-12-34)44(38-19-5-32(2)6-20-38)42-27-15-36(30-46)16-28-42/h3-29,46H,30H2,1-2H3. The van der Waals surface area contributed by atoms with Crippen LogP contribution in [0.5, 0.6) is 0 Å². The number of aliphatic hydroxyl groups excluding tert-OH is 1. The molecule has 4 heteroatoms. The van der Waals surface area contributed by atoms with E-state index in [1.165, 1.54) is 11.1 Å². The molecule has 6 aromatic carbocycles. The van der Waals surface area contributed by atoms with Crippen molar-refractivity contribution in [1.29, 1.82) is 0 Å². The molecule has 6 aromatic rings. The highest BCUT2D eigenvalue weighted by Gasteiger charge is 2.14. The molecule has 0 spiro atoms. The quantitative estimate of drug-likeness (QED) is 0.125. The average Bonchev–Trinajstić information content (AvgIpc) is 3.11. The predicted molar refractivity (Wildman–Crippen MR) is 192 cm³/mol. The highest BCUT2D eigenvalue weighted by molar-refractivity contribution is 5.82. The molecule has 0 saturated heterocycles. The van der Waals surface area contributed by atoms with E-state index < -0.39 is 0 Å². The predicted octanol–water partition coefficient (Wildman–Crippen LogP) is 10.7. The molecule has 0 saturated carbocycles. The first-order valence-electron chi connectivity index (χ1n) is 15.4. The lowest BCUT2D eigenvalue weighted by Gasteiger charge is -2.26. The molecule has 0 radical (unpaired) electrons. The maximum Gasteiger partial charge on any atom is 0.150 e. The number of rotatable bonds is 10. The summed E-state index contributed by atoms with van der Waals surface area (Å²) in [7, 11) is 0. The summed E-state index contributed by atoms with van der Waals surface area (Å²) in [6.07, 6.45) is 5.12. The van der Waals surface area contributed by atoms with Gasteiger partial charge in [0.15, 0.2) is 0 Å². The van der Waals surface area contributed by atoms with Crippen LogP contribution in [0.3, 0.4) is 0 Å². The van der Waals surface area contributed by atoms with Gasteiger partial charge in [-0.05, 0) is 115 Å². The van der Waals surface area contributed by atoms with E-state index in [0.717, 1.165) is 57.1 Å². The van der Waals surface area contributed by atoms with E-state index in [9.17, 15) is 9.90 Å². The summed E-state index contributed by atoms with van der Waals surface area (Å²) in [5.41, 5.74) is 12.4. The Bertz CT molecular complexity index is 1910. The van der Waals surface area contributed by atoms with Gasteiger partial charge in [-0.25, -0.2) is 0 Å². The summed E-state index contributed by atoms with van der Waals surface area (Å²) >= 11 is 0. The Kier molecular flexibility index (Phi) is 9.19. The highest BCUT2D eigenvalue weighted by atomic mass is 16.3. The van der Waals surface area contributed by atoms with Gasteiger partial charge in [0.2, 0.25) is 0 Å². The van der Waals surface area contributed by atoms with E-state index in [-0.39, 0.29) is 6.61 Å². The van der Waals surface area contributed by atoms with Crippen molar-refractivity contribution >= 4 is 52.6 Å². The fourth-order valence-electron chi connectivity index (χ4n) is 5.40. The van der Waals surface area contributed by atoms with E-state index in [4.69, 9.17) is 0 Å². The van der Waals surface area contributed by atoms with Gasteiger partial charge in [-0.2, -0.15) is 0 Å². The van der Waals surface area contributed by atoms with Crippen molar-refractivity contribution in [2.45, 2.75) is 20.5 Å². The van der Waals surface area contributed by atoms with Crippen molar-refractivity contribution in [2.24, 2.45) is 0 Å². The first-order valence-corrected chi connectivity index (χ1v) is 15.4. The van der Waals surface area contributed by atoms with Crippen molar-refractivity contribution < 1.29 is 9.90 Å². The topological polar surface area (TPSA) is 43.8 Å². The van der Waals surface area contributed by atoms with Crippen LogP contribution >= 0.6 is 0 Å². The average molecular weight is 601 g/mol. The Labute approximate surface area is 271 Å². The molecule has 46 heavy (non-hydrogen) atoms. The van der Waals surface area contributed by atoms with E-state index in [2.05, 4.69) is 133 Å². The molecule has 0 aliphatic carbocycles. The minimum absolute atomic E-state index is 0.0237. The number of aryl methyl sites for hydroxylation is 2. The number of benzene rings is 6. The summed E-state index contributed by atoms with van der Waals surface area (Å²) in [5.74, 6) is 0. The molecule has 0 fully saturated rings. The molecule has 0 bridgehead atoms. The van der Waals surface area contributed by atoms with E-state index in [1.54, 1.807) is 0 Å². The first kappa shape index (κ1) is 30.3. The summed E-state index contributed by atoms with van der Waals surface area (Å²) in [4.78, 5) is 15.6. The van der Waals surface area contributed by atoms with Gasteiger partial charge >= 0.3 is 0 Å². The third-order valence-electron chi connectivity index (χ3n) is 8.02. The maximum absolute atomic E-state index is 11.2. The number of anilines is 6. The zero-order valence-electron chi connectivity index (χ0n) is 26.0. The lowest BCUT2D eigenvalue weighted by molar-refractivity contribution is 0.112. The first-order chi connectivity index (χ1) is 22.5. The summed E-state index contributed by atoms with van der Waals surface area (Å²) in [5, 5.41) is 9.52. The van der Waals surface area contributed by atoms with Gasteiger partial charge in [-0.3, -0.25) is 4.79 Å². The molecular weight excluding hydrogens is 564 g/mol. The van der Waals surface area contributed by atoms with Gasteiger partial charge in [0.1, 0.15) is 6.29 Å². The van der Waals surface area contributed by atoms with Crippen LogP contribution in [-0.2, 0) is 6.61 Å². The Morgan fingerprint density at radius 2 is 0.717 bits per heavy atom. The molecule has 0 aliphatic heterocycles. The number of carbonyl (C=O) groups excluding carboxylic acids is 1. The van der Waals surface area contributed by atoms with Crippen molar-refractivity contribution in [1.82, 2.24) is 0 Å². The Morgan fingerprint density at radius 3 is 1.02 bits per heavy atom. The van der Waals surface area contributed by atoms with Crippen LogP contribution in [0.4, 0.5) is 34.1 Å². The van der Waals surface area contributed by atoms with Crippen molar-refractivity contribution in [3.63, 3.8) is 0 Å². The molecule has 0 aromatic heterocycles. The van der Waals surface area contributed by atoms with Gasteiger partial charge in [-0.1, -0.05) is 83.9 Å². The molecule has 4 nitrogen and oxygen atoms in total. The molecule has 0 aliphatic rings. The lowest BCUT2D eigenvalue weighted by atomic mass is 10.1. The Hall–Kier alpha value is -5.71. The van der Waals surface area contributed by atoms with Crippen LogP contribution < -0.4 is 9.80 Å². The second kappa shape index (κ2) is 13.9. The van der Waals surface area contributed by atoms with Crippen LogP contribution in [0.15, 0.2) is 146 Å². The lowest BCUT2D eigenvalue weighted by Crippen LogP contribution is -2.10. The normalized spacial score (nSPS) is 11.0. The molecule has 0 atom stereocenters. The SMILES string of the molecule is Cc1ccc(N(c2ccc(C=O)cc2)c2ccc(C=Cc3ccc(N(c4ccc(C)cc4)c4ccc(CO)cc4)cc3)cc2)cc1. The van der Waals surface area contributed by atoms with Crippen molar-refractivity contribution in [3.05, 3.63) is 179 Å². The van der Waals surface area contributed by atoms with Crippen LogP contribution in [0.2, 0.25) is 0 Å².